The van der Waals surface area contributed by atoms with Crippen molar-refractivity contribution in [3.63, 3.8) is 0 Å². The maximum absolute atomic E-state index is 10.7. The molecule has 1 aromatic rings. The van der Waals surface area contributed by atoms with Gasteiger partial charge in [-0.3, -0.25) is 10.1 Å². The molecule has 0 amide bonds. The lowest BCUT2D eigenvalue weighted by atomic mass is 10.2. The molecular formula is C13H20N4O2. The quantitative estimate of drug-likeness (QED) is 0.498. The van der Waals surface area contributed by atoms with Gasteiger partial charge in [0.05, 0.1) is 4.92 Å². The fourth-order valence-corrected chi connectivity index (χ4v) is 2.37. The van der Waals surface area contributed by atoms with E-state index in [2.05, 4.69) is 9.80 Å². The summed E-state index contributed by atoms with van der Waals surface area (Å²) < 4.78 is 0. The molecule has 1 aliphatic heterocycles. The van der Waals surface area contributed by atoms with E-state index in [-0.39, 0.29) is 11.4 Å². The second kappa shape index (κ2) is 5.88. The average Bonchev–Trinajstić information content (AvgIpc) is 2.88. The Morgan fingerprint density at radius 1 is 1.42 bits per heavy atom. The molecule has 0 aromatic heterocycles. The molecule has 0 saturated carbocycles. The zero-order valence-electron chi connectivity index (χ0n) is 11.2. The zero-order valence-corrected chi connectivity index (χ0v) is 11.2. The smallest absolute Gasteiger partial charge is 0.292 e. The van der Waals surface area contributed by atoms with E-state index in [1.54, 1.807) is 12.1 Å². The number of nitro benzene ring substituents is 1. The first-order valence-electron chi connectivity index (χ1n) is 6.55. The number of likely N-dealkylation sites (tertiary alicyclic amines) is 1. The number of rotatable bonds is 5. The SMILES string of the molecule is CN(CCN1CCCC1)c1ccc([N+](=O)[O-])c(N)c1. The Hall–Kier alpha value is -1.82. The van der Waals surface area contributed by atoms with Crippen LogP contribution in [0.25, 0.3) is 0 Å². The molecule has 1 saturated heterocycles. The fourth-order valence-electron chi connectivity index (χ4n) is 2.37. The first kappa shape index (κ1) is 13.6. The molecular weight excluding hydrogens is 244 g/mol. The highest BCUT2D eigenvalue weighted by Gasteiger charge is 2.14. The summed E-state index contributed by atoms with van der Waals surface area (Å²) in [6.07, 6.45) is 2.57. The van der Waals surface area contributed by atoms with Crippen LogP contribution in [0.15, 0.2) is 18.2 Å². The van der Waals surface area contributed by atoms with Gasteiger partial charge in [-0.2, -0.15) is 0 Å². The van der Waals surface area contributed by atoms with Crippen LogP contribution in [0.3, 0.4) is 0 Å². The van der Waals surface area contributed by atoms with Crippen LogP contribution in [0.4, 0.5) is 17.1 Å². The van der Waals surface area contributed by atoms with Crippen molar-refractivity contribution in [3.8, 4) is 0 Å². The standard InChI is InChI=1S/C13H20N4O2/c1-15(8-9-16-6-2-3-7-16)11-4-5-13(17(18)19)12(14)10-11/h4-5,10H,2-3,6-9,14H2,1H3. The minimum absolute atomic E-state index is 0.0308. The van der Waals surface area contributed by atoms with Gasteiger partial charge < -0.3 is 15.5 Å². The Bertz CT molecular complexity index is 458. The van der Waals surface area contributed by atoms with Crippen molar-refractivity contribution in [3.05, 3.63) is 28.3 Å². The highest BCUT2D eigenvalue weighted by Crippen LogP contribution is 2.26. The van der Waals surface area contributed by atoms with Gasteiger partial charge >= 0.3 is 0 Å². The van der Waals surface area contributed by atoms with E-state index in [4.69, 9.17) is 5.73 Å². The third-order valence-corrected chi connectivity index (χ3v) is 3.60. The number of benzene rings is 1. The topological polar surface area (TPSA) is 75.6 Å². The van der Waals surface area contributed by atoms with Gasteiger partial charge in [0.2, 0.25) is 0 Å². The van der Waals surface area contributed by atoms with E-state index >= 15 is 0 Å². The summed E-state index contributed by atoms with van der Waals surface area (Å²) in [5.74, 6) is 0. The highest BCUT2D eigenvalue weighted by molar-refractivity contribution is 5.66. The van der Waals surface area contributed by atoms with E-state index in [0.717, 1.165) is 18.8 Å². The lowest BCUT2D eigenvalue weighted by Crippen LogP contribution is -2.31. The summed E-state index contributed by atoms with van der Waals surface area (Å²) in [6, 6.07) is 4.89. The lowest BCUT2D eigenvalue weighted by molar-refractivity contribution is -0.383. The molecule has 1 fully saturated rings. The van der Waals surface area contributed by atoms with E-state index in [1.807, 2.05) is 7.05 Å². The molecule has 0 radical (unpaired) electrons. The number of nitrogen functional groups attached to an aromatic ring is 1. The summed E-state index contributed by atoms with van der Waals surface area (Å²) in [6.45, 7) is 4.27. The molecule has 104 valence electrons. The number of nitro groups is 1. The van der Waals surface area contributed by atoms with Gasteiger partial charge in [0.25, 0.3) is 5.69 Å². The molecule has 1 aliphatic rings. The van der Waals surface area contributed by atoms with Crippen molar-refractivity contribution in [2.75, 3.05) is 43.9 Å². The van der Waals surface area contributed by atoms with E-state index < -0.39 is 4.92 Å². The molecule has 1 heterocycles. The third kappa shape index (κ3) is 3.35. The normalized spacial score (nSPS) is 15.6. The molecule has 0 spiro atoms. The minimum Gasteiger partial charge on any atom is -0.393 e. The number of anilines is 2. The van der Waals surface area contributed by atoms with Crippen LogP contribution < -0.4 is 10.6 Å². The van der Waals surface area contributed by atoms with Crippen molar-refractivity contribution in [2.24, 2.45) is 0 Å². The Morgan fingerprint density at radius 3 is 2.68 bits per heavy atom. The third-order valence-electron chi connectivity index (χ3n) is 3.60. The first-order chi connectivity index (χ1) is 9.08. The Kier molecular flexibility index (Phi) is 4.21. The predicted octanol–water partition coefficient (Wildman–Crippen LogP) is 1.71. The summed E-state index contributed by atoms with van der Waals surface area (Å²) >= 11 is 0. The molecule has 0 bridgehead atoms. The molecule has 1 aromatic carbocycles. The average molecular weight is 264 g/mol. The maximum atomic E-state index is 10.7. The molecule has 2 rings (SSSR count). The monoisotopic (exact) mass is 264 g/mol. The van der Waals surface area contributed by atoms with Gasteiger partial charge in [0.15, 0.2) is 0 Å². The lowest BCUT2D eigenvalue weighted by Gasteiger charge is -2.23. The fraction of sp³-hybridized carbons (Fsp3) is 0.538. The summed E-state index contributed by atoms with van der Waals surface area (Å²) in [4.78, 5) is 14.8. The van der Waals surface area contributed by atoms with Crippen molar-refractivity contribution >= 4 is 17.1 Å². The van der Waals surface area contributed by atoms with Gasteiger partial charge in [0, 0.05) is 31.9 Å². The van der Waals surface area contributed by atoms with Crippen LogP contribution in [0.2, 0.25) is 0 Å². The molecule has 2 N–H and O–H groups in total. The van der Waals surface area contributed by atoms with Crippen LogP contribution in [-0.2, 0) is 0 Å². The van der Waals surface area contributed by atoms with Crippen LogP contribution in [0.5, 0.6) is 0 Å². The van der Waals surface area contributed by atoms with E-state index in [0.29, 0.717) is 0 Å². The number of nitrogens with zero attached hydrogens (tertiary/aromatic N) is 3. The molecule has 0 atom stereocenters. The van der Waals surface area contributed by atoms with Gasteiger partial charge in [0.1, 0.15) is 5.69 Å². The Balaban J connectivity index is 1.96. The largest absolute Gasteiger partial charge is 0.393 e. The molecule has 0 unspecified atom stereocenters. The second-order valence-electron chi connectivity index (χ2n) is 4.97. The first-order valence-corrected chi connectivity index (χ1v) is 6.55. The van der Waals surface area contributed by atoms with Gasteiger partial charge in [-0.1, -0.05) is 0 Å². The molecule has 0 aliphatic carbocycles. The van der Waals surface area contributed by atoms with Crippen molar-refractivity contribution in [1.29, 1.82) is 0 Å². The summed E-state index contributed by atoms with van der Waals surface area (Å²) in [7, 11) is 1.98. The van der Waals surface area contributed by atoms with E-state index in [9.17, 15) is 10.1 Å². The number of hydrogen-bond donors (Lipinski definition) is 1. The Labute approximate surface area is 112 Å². The number of likely N-dealkylation sites (N-methyl/N-ethyl adjacent to an activating group) is 1. The minimum atomic E-state index is -0.455. The van der Waals surface area contributed by atoms with Crippen LogP contribution in [-0.4, -0.2) is 43.0 Å². The van der Waals surface area contributed by atoms with E-state index in [1.165, 1.54) is 32.0 Å². The summed E-state index contributed by atoms with van der Waals surface area (Å²) in [5, 5.41) is 10.7. The van der Waals surface area contributed by atoms with Crippen molar-refractivity contribution in [2.45, 2.75) is 12.8 Å². The Morgan fingerprint density at radius 2 is 2.11 bits per heavy atom. The van der Waals surface area contributed by atoms with Crippen molar-refractivity contribution in [1.82, 2.24) is 4.90 Å². The van der Waals surface area contributed by atoms with Crippen LogP contribution in [0.1, 0.15) is 12.8 Å². The molecule has 19 heavy (non-hydrogen) atoms. The second-order valence-corrected chi connectivity index (χ2v) is 4.97. The number of hydrogen-bond acceptors (Lipinski definition) is 5. The predicted molar refractivity (Wildman–Crippen MR) is 76.5 cm³/mol. The number of nitrogens with two attached hydrogens (primary N) is 1. The van der Waals surface area contributed by atoms with Gasteiger partial charge in [-0.25, -0.2) is 0 Å². The molecule has 6 heteroatoms. The zero-order chi connectivity index (χ0) is 13.8. The summed E-state index contributed by atoms with van der Waals surface area (Å²) in [5.41, 5.74) is 6.81. The maximum Gasteiger partial charge on any atom is 0.292 e. The van der Waals surface area contributed by atoms with Gasteiger partial charge in [-0.15, -0.1) is 0 Å². The van der Waals surface area contributed by atoms with Crippen LogP contribution in [0, 0.1) is 10.1 Å². The van der Waals surface area contributed by atoms with Gasteiger partial charge in [-0.05, 0) is 38.1 Å². The van der Waals surface area contributed by atoms with Crippen molar-refractivity contribution < 1.29 is 4.92 Å². The van der Waals surface area contributed by atoms with Crippen LogP contribution >= 0.6 is 0 Å². The molecule has 6 nitrogen and oxygen atoms in total. The highest BCUT2D eigenvalue weighted by atomic mass is 16.6.